The van der Waals surface area contributed by atoms with E-state index in [0.717, 1.165) is 26.2 Å². The lowest BCUT2D eigenvalue weighted by Crippen LogP contribution is -2.52. The molecular formula is C13H23N7O2. The standard InChI is InChI=1S/C13H23N7O2/c1-17(2)13(22)15-9-12(21)19-6-3-18(4-7-19)5-8-20-11-14-10-16-20/h10-11H,3-9H2,1-2H3,(H,15,22). The van der Waals surface area contributed by atoms with E-state index in [-0.39, 0.29) is 18.5 Å². The third-order valence-electron chi connectivity index (χ3n) is 3.63. The van der Waals surface area contributed by atoms with E-state index in [4.69, 9.17) is 0 Å². The van der Waals surface area contributed by atoms with Crippen LogP contribution >= 0.6 is 0 Å². The van der Waals surface area contributed by atoms with E-state index in [9.17, 15) is 9.59 Å². The molecule has 9 nitrogen and oxygen atoms in total. The quantitative estimate of drug-likeness (QED) is 0.730. The Kier molecular flexibility index (Phi) is 5.70. The molecule has 0 atom stereocenters. The van der Waals surface area contributed by atoms with Gasteiger partial charge in [-0.05, 0) is 0 Å². The van der Waals surface area contributed by atoms with Crippen molar-refractivity contribution in [1.82, 2.24) is 34.8 Å². The Morgan fingerprint density at radius 2 is 1.91 bits per heavy atom. The van der Waals surface area contributed by atoms with Gasteiger partial charge in [-0.2, -0.15) is 5.10 Å². The van der Waals surface area contributed by atoms with E-state index in [1.807, 2.05) is 0 Å². The summed E-state index contributed by atoms with van der Waals surface area (Å²) in [5.41, 5.74) is 0. The van der Waals surface area contributed by atoms with Crippen LogP contribution in [0.1, 0.15) is 0 Å². The molecule has 1 aromatic rings. The van der Waals surface area contributed by atoms with Crippen molar-refractivity contribution in [3.05, 3.63) is 12.7 Å². The van der Waals surface area contributed by atoms with Gasteiger partial charge in [0.15, 0.2) is 0 Å². The van der Waals surface area contributed by atoms with Crippen LogP contribution in [-0.4, -0.2) is 94.8 Å². The van der Waals surface area contributed by atoms with Gasteiger partial charge in [0.1, 0.15) is 12.7 Å². The molecule has 122 valence electrons. The molecule has 0 radical (unpaired) electrons. The minimum atomic E-state index is -0.250. The van der Waals surface area contributed by atoms with Crippen LogP contribution in [0, 0.1) is 0 Å². The van der Waals surface area contributed by atoms with E-state index >= 15 is 0 Å². The first-order valence-corrected chi connectivity index (χ1v) is 7.34. The predicted octanol–water partition coefficient (Wildman–Crippen LogP) is -1.31. The zero-order valence-electron chi connectivity index (χ0n) is 13.1. The third-order valence-corrected chi connectivity index (χ3v) is 3.63. The van der Waals surface area contributed by atoms with Crippen LogP contribution in [0.2, 0.25) is 0 Å². The first kappa shape index (κ1) is 16.2. The Bertz CT molecular complexity index is 481. The number of urea groups is 1. The highest BCUT2D eigenvalue weighted by molar-refractivity contribution is 5.83. The van der Waals surface area contributed by atoms with Crippen molar-refractivity contribution in [2.75, 3.05) is 53.4 Å². The highest BCUT2D eigenvalue weighted by Gasteiger charge is 2.21. The summed E-state index contributed by atoms with van der Waals surface area (Å²) >= 11 is 0. The predicted molar refractivity (Wildman–Crippen MR) is 80.1 cm³/mol. The summed E-state index contributed by atoms with van der Waals surface area (Å²) in [7, 11) is 3.29. The second-order valence-corrected chi connectivity index (χ2v) is 5.43. The molecule has 9 heteroatoms. The maximum Gasteiger partial charge on any atom is 0.317 e. The second-order valence-electron chi connectivity index (χ2n) is 5.43. The van der Waals surface area contributed by atoms with E-state index in [0.29, 0.717) is 13.1 Å². The first-order chi connectivity index (χ1) is 10.6. The molecule has 0 spiro atoms. The average molecular weight is 309 g/mol. The van der Waals surface area contributed by atoms with E-state index < -0.39 is 0 Å². The number of carbonyl (C=O) groups is 2. The van der Waals surface area contributed by atoms with Gasteiger partial charge in [0.25, 0.3) is 0 Å². The van der Waals surface area contributed by atoms with Gasteiger partial charge in [-0.3, -0.25) is 14.4 Å². The van der Waals surface area contributed by atoms with Crippen LogP contribution in [0.3, 0.4) is 0 Å². The number of carbonyl (C=O) groups excluding carboxylic acids is 2. The minimum absolute atomic E-state index is 0.0360. The smallest absolute Gasteiger partial charge is 0.317 e. The summed E-state index contributed by atoms with van der Waals surface area (Å²) in [4.78, 5) is 32.8. The van der Waals surface area contributed by atoms with Crippen molar-refractivity contribution in [2.24, 2.45) is 0 Å². The van der Waals surface area contributed by atoms with Crippen LogP contribution < -0.4 is 5.32 Å². The summed E-state index contributed by atoms with van der Waals surface area (Å²) in [5, 5.41) is 6.67. The zero-order chi connectivity index (χ0) is 15.9. The fourth-order valence-corrected chi connectivity index (χ4v) is 2.23. The van der Waals surface area contributed by atoms with Crippen molar-refractivity contribution in [1.29, 1.82) is 0 Å². The van der Waals surface area contributed by atoms with Gasteiger partial charge in [0.05, 0.1) is 13.1 Å². The average Bonchev–Trinajstić information content (AvgIpc) is 3.04. The van der Waals surface area contributed by atoms with Gasteiger partial charge in [-0.1, -0.05) is 0 Å². The number of rotatable bonds is 5. The molecule has 0 aliphatic carbocycles. The van der Waals surface area contributed by atoms with Crippen LogP contribution in [0.5, 0.6) is 0 Å². The summed E-state index contributed by atoms with van der Waals surface area (Å²) in [6.07, 6.45) is 3.23. The van der Waals surface area contributed by atoms with Crippen LogP contribution in [0.25, 0.3) is 0 Å². The van der Waals surface area contributed by atoms with Gasteiger partial charge in [-0.15, -0.1) is 0 Å². The Labute approximate surface area is 129 Å². The van der Waals surface area contributed by atoms with Crippen molar-refractivity contribution in [3.63, 3.8) is 0 Å². The monoisotopic (exact) mass is 309 g/mol. The van der Waals surface area contributed by atoms with Crippen LogP contribution in [-0.2, 0) is 11.3 Å². The highest BCUT2D eigenvalue weighted by atomic mass is 16.2. The van der Waals surface area contributed by atoms with Crippen LogP contribution in [0.4, 0.5) is 4.79 Å². The number of hydrogen-bond donors (Lipinski definition) is 1. The zero-order valence-corrected chi connectivity index (χ0v) is 13.1. The highest BCUT2D eigenvalue weighted by Crippen LogP contribution is 2.02. The largest absolute Gasteiger partial charge is 0.339 e. The number of nitrogens with zero attached hydrogens (tertiary/aromatic N) is 6. The Morgan fingerprint density at radius 3 is 2.50 bits per heavy atom. The lowest BCUT2D eigenvalue weighted by Gasteiger charge is -2.34. The summed E-state index contributed by atoms with van der Waals surface area (Å²) in [5.74, 6) is -0.0360. The Morgan fingerprint density at radius 1 is 1.18 bits per heavy atom. The summed E-state index contributed by atoms with van der Waals surface area (Å²) in [6.45, 7) is 4.79. The fraction of sp³-hybridized carbons (Fsp3) is 0.692. The van der Waals surface area contributed by atoms with E-state index in [1.54, 1.807) is 30.0 Å². The number of amides is 3. The minimum Gasteiger partial charge on any atom is -0.339 e. The molecule has 0 unspecified atom stereocenters. The lowest BCUT2D eigenvalue weighted by molar-refractivity contribution is -0.131. The molecule has 0 saturated carbocycles. The van der Waals surface area contributed by atoms with Crippen molar-refractivity contribution in [3.8, 4) is 0 Å². The topological polar surface area (TPSA) is 86.6 Å². The summed E-state index contributed by atoms with van der Waals surface area (Å²) in [6, 6.07) is -0.250. The maximum atomic E-state index is 12.0. The number of hydrogen-bond acceptors (Lipinski definition) is 5. The van der Waals surface area contributed by atoms with Gasteiger partial charge >= 0.3 is 6.03 Å². The number of aromatic nitrogens is 3. The van der Waals surface area contributed by atoms with Gasteiger partial charge in [0.2, 0.25) is 5.91 Å². The lowest BCUT2D eigenvalue weighted by atomic mass is 10.3. The van der Waals surface area contributed by atoms with E-state index in [2.05, 4.69) is 20.3 Å². The second kappa shape index (κ2) is 7.74. The summed E-state index contributed by atoms with van der Waals surface area (Å²) < 4.78 is 1.80. The van der Waals surface area contributed by atoms with Crippen LogP contribution in [0.15, 0.2) is 12.7 Å². The van der Waals surface area contributed by atoms with Gasteiger partial charge in [-0.25, -0.2) is 9.78 Å². The Hall–Kier alpha value is -2.16. The molecule has 2 rings (SSSR count). The molecule has 3 amide bonds. The first-order valence-electron chi connectivity index (χ1n) is 7.34. The van der Waals surface area contributed by atoms with Gasteiger partial charge < -0.3 is 15.1 Å². The molecule has 2 heterocycles. The SMILES string of the molecule is CN(C)C(=O)NCC(=O)N1CCN(CCn2cncn2)CC1. The normalized spacial score (nSPS) is 15.6. The Balaban J connectivity index is 1.65. The number of nitrogens with one attached hydrogen (secondary N) is 1. The molecule has 0 aromatic carbocycles. The third kappa shape index (κ3) is 4.69. The van der Waals surface area contributed by atoms with Gasteiger partial charge in [0, 0.05) is 46.8 Å². The molecule has 1 aromatic heterocycles. The van der Waals surface area contributed by atoms with Crippen molar-refractivity contribution < 1.29 is 9.59 Å². The molecule has 0 bridgehead atoms. The molecule has 1 fully saturated rings. The maximum absolute atomic E-state index is 12.0. The fourth-order valence-electron chi connectivity index (χ4n) is 2.23. The van der Waals surface area contributed by atoms with Crippen molar-refractivity contribution in [2.45, 2.75) is 6.54 Å². The van der Waals surface area contributed by atoms with Crippen molar-refractivity contribution >= 4 is 11.9 Å². The molecule has 1 saturated heterocycles. The molecule has 1 aliphatic heterocycles. The number of piperazine rings is 1. The molecule has 1 N–H and O–H groups in total. The molecule has 22 heavy (non-hydrogen) atoms. The molecular weight excluding hydrogens is 286 g/mol. The van der Waals surface area contributed by atoms with E-state index in [1.165, 1.54) is 11.2 Å². The molecule has 1 aliphatic rings.